The Hall–Kier alpha value is -0.840. The molecule has 0 spiro atoms. The summed E-state index contributed by atoms with van der Waals surface area (Å²) in [6.07, 6.45) is 2.94. The average molecular weight is 349 g/mol. The molecule has 3 atom stereocenters. The van der Waals surface area contributed by atoms with E-state index in [-0.39, 0.29) is 6.04 Å². The highest BCUT2D eigenvalue weighted by molar-refractivity contribution is 9.10. The zero-order valence-electron chi connectivity index (χ0n) is 11.3. The van der Waals surface area contributed by atoms with Crippen LogP contribution in [0.2, 0.25) is 0 Å². The van der Waals surface area contributed by atoms with Crippen molar-refractivity contribution in [2.45, 2.75) is 35.6 Å². The molecule has 2 nitrogen and oxygen atoms in total. The number of aromatic nitrogens is 1. The fourth-order valence-electron chi connectivity index (χ4n) is 2.79. The van der Waals surface area contributed by atoms with Crippen molar-refractivity contribution >= 4 is 27.7 Å². The first-order valence-electron chi connectivity index (χ1n) is 6.78. The summed E-state index contributed by atoms with van der Waals surface area (Å²) in [7, 11) is 0. The van der Waals surface area contributed by atoms with E-state index in [4.69, 9.17) is 5.73 Å². The Bertz CT molecular complexity index is 600. The first-order valence-corrected chi connectivity index (χ1v) is 8.45. The van der Waals surface area contributed by atoms with Gasteiger partial charge in [-0.25, -0.2) is 4.98 Å². The molecular weight excluding hydrogens is 332 g/mol. The molecule has 104 valence electrons. The zero-order valence-corrected chi connectivity index (χ0v) is 13.7. The van der Waals surface area contributed by atoms with Crippen LogP contribution < -0.4 is 5.73 Å². The van der Waals surface area contributed by atoms with E-state index in [0.717, 1.165) is 15.9 Å². The molecule has 20 heavy (non-hydrogen) atoms. The average Bonchev–Trinajstić information content (AvgIpc) is 2.47. The number of nitrogens with two attached hydrogens (primary N) is 1. The third-order valence-corrected chi connectivity index (χ3v) is 5.59. The Morgan fingerprint density at radius 2 is 1.95 bits per heavy atom. The minimum Gasteiger partial charge on any atom is -0.323 e. The third-order valence-electron chi connectivity index (χ3n) is 3.84. The standard InChI is InChI=1S/C16H17BrN2S/c1-10-8-14(20-15-7-6-11(17)9-19-15)16(18)13-5-3-2-4-12(10)13/h2-7,9-10,14,16H,8,18H2,1H3. The molecule has 0 amide bonds. The molecule has 0 bridgehead atoms. The molecule has 3 unspecified atom stereocenters. The lowest BCUT2D eigenvalue weighted by Gasteiger charge is -2.34. The number of fused-ring (bicyclic) bond motifs is 1. The Morgan fingerprint density at radius 1 is 1.20 bits per heavy atom. The maximum Gasteiger partial charge on any atom is 0.0964 e. The van der Waals surface area contributed by atoms with Gasteiger partial charge in [-0.1, -0.05) is 31.2 Å². The summed E-state index contributed by atoms with van der Waals surface area (Å²) in [6, 6.07) is 12.7. The van der Waals surface area contributed by atoms with E-state index < -0.39 is 0 Å². The molecule has 0 aliphatic heterocycles. The molecule has 0 fully saturated rings. The zero-order chi connectivity index (χ0) is 14.1. The van der Waals surface area contributed by atoms with Crippen LogP contribution >= 0.6 is 27.7 Å². The van der Waals surface area contributed by atoms with Gasteiger partial charge in [-0.05, 0) is 51.5 Å². The van der Waals surface area contributed by atoms with Gasteiger partial charge in [0.1, 0.15) is 0 Å². The van der Waals surface area contributed by atoms with Crippen molar-refractivity contribution < 1.29 is 0 Å². The van der Waals surface area contributed by atoms with Crippen molar-refractivity contribution in [2.75, 3.05) is 0 Å². The lowest BCUT2D eigenvalue weighted by molar-refractivity contribution is 0.527. The fourth-order valence-corrected chi connectivity index (χ4v) is 4.28. The Labute approximate surface area is 132 Å². The van der Waals surface area contributed by atoms with E-state index in [1.807, 2.05) is 18.3 Å². The van der Waals surface area contributed by atoms with Crippen molar-refractivity contribution in [1.82, 2.24) is 4.98 Å². The second-order valence-electron chi connectivity index (χ2n) is 5.26. The topological polar surface area (TPSA) is 38.9 Å². The number of rotatable bonds is 2. The number of hydrogen-bond acceptors (Lipinski definition) is 3. The Kier molecular flexibility index (Phi) is 4.15. The molecule has 1 aromatic heterocycles. The highest BCUT2D eigenvalue weighted by atomic mass is 79.9. The summed E-state index contributed by atoms with van der Waals surface area (Å²) in [4.78, 5) is 4.45. The molecule has 1 aliphatic carbocycles. The molecule has 1 aromatic carbocycles. The minimum atomic E-state index is 0.0813. The molecule has 0 saturated heterocycles. The molecule has 2 N–H and O–H groups in total. The summed E-state index contributed by atoms with van der Waals surface area (Å²) >= 11 is 5.21. The fraction of sp³-hybridized carbons (Fsp3) is 0.312. The smallest absolute Gasteiger partial charge is 0.0964 e. The molecule has 1 aliphatic rings. The van der Waals surface area contributed by atoms with Gasteiger partial charge < -0.3 is 5.73 Å². The molecular formula is C16H17BrN2S. The monoisotopic (exact) mass is 348 g/mol. The lowest BCUT2D eigenvalue weighted by atomic mass is 9.81. The van der Waals surface area contributed by atoms with E-state index in [9.17, 15) is 0 Å². The van der Waals surface area contributed by atoms with Crippen molar-refractivity contribution in [3.8, 4) is 0 Å². The van der Waals surface area contributed by atoms with Crippen LogP contribution in [0.4, 0.5) is 0 Å². The van der Waals surface area contributed by atoms with E-state index in [1.54, 1.807) is 11.8 Å². The molecule has 2 aromatic rings. The molecule has 4 heteroatoms. The SMILES string of the molecule is CC1CC(Sc2ccc(Br)cn2)C(N)c2ccccc21. The quantitative estimate of drug-likeness (QED) is 0.867. The van der Waals surface area contributed by atoms with Gasteiger partial charge in [0.15, 0.2) is 0 Å². The summed E-state index contributed by atoms with van der Waals surface area (Å²) in [5, 5.41) is 1.42. The summed E-state index contributed by atoms with van der Waals surface area (Å²) < 4.78 is 1.01. The van der Waals surface area contributed by atoms with Gasteiger partial charge in [0.2, 0.25) is 0 Å². The number of hydrogen-bond donors (Lipinski definition) is 1. The van der Waals surface area contributed by atoms with Gasteiger partial charge in [0, 0.05) is 22.0 Å². The van der Waals surface area contributed by atoms with E-state index in [0.29, 0.717) is 11.2 Å². The van der Waals surface area contributed by atoms with Gasteiger partial charge in [0.05, 0.1) is 5.03 Å². The van der Waals surface area contributed by atoms with Gasteiger partial charge in [-0.3, -0.25) is 0 Å². The van der Waals surface area contributed by atoms with Crippen molar-refractivity contribution in [3.63, 3.8) is 0 Å². The normalized spacial score (nSPS) is 25.2. The van der Waals surface area contributed by atoms with Gasteiger partial charge >= 0.3 is 0 Å². The number of nitrogens with zero attached hydrogens (tertiary/aromatic N) is 1. The number of halogens is 1. The molecule has 0 saturated carbocycles. The van der Waals surface area contributed by atoms with Crippen LogP contribution in [-0.2, 0) is 0 Å². The van der Waals surface area contributed by atoms with Crippen LogP contribution in [0.1, 0.15) is 36.4 Å². The van der Waals surface area contributed by atoms with Crippen LogP contribution in [0.25, 0.3) is 0 Å². The van der Waals surface area contributed by atoms with E-state index >= 15 is 0 Å². The second-order valence-corrected chi connectivity index (χ2v) is 7.44. The first-order chi connectivity index (χ1) is 9.65. The summed E-state index contributed by atoms with van der Waals surface area (Å²) in [6.45, 7) is 2.29. The maximum atomic E-state index is 6.47. The first kappa shape index (κ1) is 14.1. The van der Waals surface area contributed by atoms with Gasteiger partial charge in [-0.15, -0.1) is 11.8 Å². The Morgan fingerprint density at radius 3 is 2.65 bits per heavy atom. The molecule has 3 rings (SSSR count). The van der Waals surface area contributed by atoms with Gasteiger partial charge in [-0.2, -0.15) is 0 Å². The van der Waals surface area contributed by atoms with E-state index in [2.05, 4.69) is 52.1 Å². The minimum absolute atomic E-state index is 0.0813. The predicted molar refractivity (Wildman–Crippen MR) is 88.0 cm³/mol. The summed E-state index contributed by atoms with van der Waals surface area (Å²) in [5.41, 5.74) is 9.17. The highest BCUT2D eigenvalue weighted by Gasteiger charge is 2.31. The van der Waals surface area contributed by atoms with Gasteiger partial charge in [0.25, 0.3) is 0 Å². The number of benzene rings is 1. The van der Waals surface area contributed by atoms with Crippen LogP contribution in [0.3, 0.4) is 0 Å². The molecule has 1 heterocycles. The van der Waals surface area contributed by atoms with Crippen molar-refractivity contribution in [1.29, 1.82) is 0 Å². The van der Waals surface area contributed by atoms with Crippen molar-refractivity contribution in [2.24, 2.45) is 5.73 Å². The number of pyridine rings is 1. The third kappa shape index (κ3) is 2.78. The Balaban J connectivity index is 1.84. The van der Waals surface area contributed by atoms with Crippen LogP contribution in [0.15, 0.2) is 52.1 Å². The molecule has 0 radical (unpaired) electrons. The highest BCUT2D eigenvalue weighted by Crippen LogP contribution is 2.43. The van der Waals surface area contributed by atoms with E-state index in [1.165, 1.54) is 11.1 Å². The second kappa shape index (κ2) is 5.88. The van der Waals surface area contributed by atoms with Crippen molar-refractivity contribution in [3.05, 3.63) is 58.2 Å². The maximum absolute atomic E-state index is 6.47. The largest absolute Gasteiger partial charge is 0.323 e. The van der Waals surface area contributed by atoms with Crippen LogP contribution in [0, 0.1) is 0 Å². The summed E-state index contributed by atoms with van der Waals surface area (Å²) in [5.74, 6) is 0.555. The number of thioether (sulfide) groups is 1. The van der Waals surface area contributed by atoms with Crippen LogP contribution in [0.5, 0.6) is 0 Å². The predicted octanol–water partition coefficient (Wildman–Crippen LogP) is 4.51. The lowest BCUT2D eigenvalue weighted by Crippen LogP contribution is -2.30. The van der Waals surface area contributed by atoms with Crippen LogP contribution in [-0.4, -0.2) is 10.2 Å².